The lowest BCUT2D eigenvalue weighted by molar-refractivity contribution is 0.281. The Balaban J connectivity index is 2.24. The average Bonchev–Trinajstić information content (AvgIpc) is 2.41. The predicted octanol–water partition coefficient (Wildman–Crippen LogP) is 1.98. The van der Waals surface area contributed by atoms with Crippen molar-refractivity contribution in [2.75, 3.05) is 4.72 Å². The summed E-state index contributed by atoms with van der Waals surface area (Å²) in [6, 6.07) is 9.86. The van der Waals surface area contributed by atoms with E-state index in [1.54, 1.807) is 24.3 Å². The Hall–Kier alpha value is -1.19. The van der Waals surface area contributed by atoms with Crippen LogP contribution in [0.15, 0.2) is 47.6 Å². The summed E-state index contributed by atoms with van der Waals surface area (Å²) in [7, 11) is -3.70. The van der Waals surface area contributed by atoms with Gasteiger partial charge in [0.05, 0.1) is 6.61 Å². The number of anilines is 1. The zero-order valence-corrected chi connectivity index (χ0v) is 12.7. The number of aliphatic hydroxyl groups is 1. The van der Waals surface area contributed by atoms with Crippen molar-refractivity contribution in [2.45, 2.75) is 11.6 Å². The third-order valence-electron chi connectivity index (χ3n) is 2.35. The first kappa shape index (κ1) is 14.2. The second-order valence-electron chi connectivity index (χ2n) is 3.78. The Morgan fingerprint density at radius 3 is 2.37 bits per heavy atom. The lowest BCUT2D eigenvalue weighted by Crippen LogP contribution is -2.14. The van der Waals surface area contributed by atoms with Gasteiger partial charge in [-0.1, -0.05) is 6.07 Å². The smallest absolute Gasteiger partial charge is 0.279 e. The van der Waals surface area contributed by atoms with Crippen LogP contribution in [0.2, 0.25) is 0 Å². The van der Waals surface area contributed by atoms with Crippen LogP contribution < -0.4 is 4.72 Å². The largest absolute Gasteiger partial charge is 0.392 e. The van der Waals surface area contributed by atoms with Gasteiger partial charge in [0.25, 0.3) is 10.0 Å². The lowest BCUT2D eigenvalue weighted by atomic mass is 10.3. The molecule has 0 atom stereocenters. The maximum absolute atomic E-state index is 12.0. The fourth-order valence-corrected chi connectivity index (χ4v) is 2.74. The zero-order chi connectivity index (χ0) is 13.9. The van der Waals surface area contributed by atoms with Gasteiger partial charge in [-0.05, 0) is 58.5 Å². The molecule has 0 amide bonds. The minimum Gasteiger partial charge on any atom is -0.392 e. The first-order valence-corrected chi connectivity index (χ1v) is 7.91. The average molecular weight is 390 g/mol. The minimum atomic E-state index is -3.70. The summed E-state index contributed by atoms with van der Waals surface area (Å²) in [5, 5.41) is 8.81. The fourth-order valence-electron chi connectivity index (χ4n) is 1.39. The van der Waals surface area contributed by atoms with Crippen LogP contribution in [0.25, 0.3) is 0 Å². The topological polar surface area (TPSA) is 79.3 Å². The van der Waals surface area contributed by atoms with Crippen molar-refractivity contribution in [3.63, 3.8) is 0 Å². The Bertz CT molecular complexity index is 654. The summed E-state index contributed by atoms with van der Waals surface area (Å²) in [6.45, 7) is -0.169. The van der Waals surface area contributed by atoms with E-state index in [9.17, 15) is 8.42 Å². The number of nitrogens with one attached hydrogen (secondary N) is 1. The molecule has 2 N–H and O–H groups in total. The highest BCUT2D eigenvalue weighted by molar-refractivity contribution is 14.1. The molecule has 19 heavy (non-hydrogen) atoms. The van der Waals surface area contributed by atoms with Gasteiger partial charge >= 0.3 is 0 Å². The summed E-state index contributed by atoms with van der Waals surface area (Å²) in [4.78, 5) is 3.82. The monoisotopic (exact) mass is 390 g/mol. The van der Waals surface area contributed by atoms with Crippen molar-refractivity contribution in [3.8, 4) is 0 Å². The summed E-state index contributed by atoms with van der Waals surface area (Å²) >= 11 is 2.14. The normalized spacial score (nSPS) is 11.3. The SMILES string of the molecule is O=S(=O)(Nc1ccc(I)cc1)c1ccc(CO)cn1. The van der Waals surface area contributed by atoms with Crippen LogP contribution in [-0.4, -0.2) is 18.5 Å². The Morgan fingerprint density at radius 1 is 1.16 bits per heavy atom. The van der Waals surface area contributed by atoms with E-state index in [2.05, 4.69) is 32.3 Å². The molecule has 2 aromatic rings. The van der Waals surface area contributed by atoms with Crippen molar-refractivity contribution < 1.29 is 13.5 Å². The molecule has 2 rings (SSSR count). The summed E-state index contributed by atoms with van der Waals surface area (Å²) < 4.78 is 27.6. The van der Waals surface area contributed by atoms with Crippen molar-refractivity contribution in [1.82, 2.24) is 4.98 Å². The summed E-state index contributed by atoms with van der Waals surface area (Å²) in [5.41, 5.74) is 1.04. The molecule has 100 valence electrons. The summed E-state index contributed by atoms with van der Waals surface area (Å²) in [6.07, 6.45) is 1.34. The molecule has 0 saturated heterocycles. The molecule has 0 unspecified atom stereocenters. The highest BCUT2D eigenvalue weighted by atomic mass is 127. The van der Waals surface area contributed by atoms with Crippen molar-refractivity contribution in [2.24, 2.45) is 0 Å². The van der Waals surface area contributed by atoms with Gasteiger partial charge in [0.15, 0.2) is 5.03 Å². The maximum atomic E-state index is 12.0. The van der Waals surface area contributed by atoms with Crippen LogP contribution in [0.4, 0.5) is 5.69 Å². The Morgan fingerprint density at radius 2 is 1.84 bits per heavy atom. The maximum Gasteiger partial charge on any atom is 0.279 e. The van der Waals surface area contributed by atoms with Crippen LogP contribution in [0.3, 0.4) is 0 Å². The molecule has 0 aliphatic rings. The summed E-state index contributed by atoms with van der Waals surface area (Å²) in [5.74, 6) is 0. The van der Waals surface area contributed by atoms with Crippen LogP contribution in [0.5, 0.6) is 0 Å². The van der Waals surface area contributed by atoms with Crippen molar-refractivity contribution in [1.29, 1.82) is 0 Å². The number of pyridine rings is 1. The molecular formula is C12H11IN2O3S. The molecule has 1 heterocycles. The van der Waals surface area contributed by atoms with E-state index in [4.69, 9.17) is 5.11 Å². The van der Waals surface area contributed by atoms with E-state index in [1.165, 1.54) is 18.3 Å². The first-order chi connectivity index (χ1) is 9.01. The molecule has 1 aromatic heterocycles. The van der Waals surface area contributed by atoms with Crippen LogP contribution >= 0.6 is 22.6 Å². The number of hydrogen-bond acceptors (Lipinski definition) is 4. The molecule has 0 aliphatic carbocycles. The molecule has 0 radical (unpaired) electrons. The Labute approximate surface area is 124 Å². The Kier molecular flexibility index (Phi) is 4.38. The number of halogens is 1. The van der Waals surface area contributed by atoms with Crippen molar-refractivity contribution >= 4 is 38.3 Å². The van der Waals surface area contributed by atoms with Gasteiger partial charge in [-0.25, -0.2) is 4.98 Å². The molecule has 1 aromatic carbocycles. The van der Waals surface area contributed by atoms with Crippen molar-refractivity contribution in [3.05, 3.63) is 51.7 Å². The number of hydrogen-bond donors (Lipinski definition) is 2. The molecule has 0 fully saturated rings. The van der Waals surface area contributed by atoms with E-state index < -0.39 is 10.0 Å². The van der Waals surface area contributed by atoms with E-state index in [1.807, 2.05) is 0 Å². The quantitative estimate of drug-likeness (QED) is 0.783. The number of benzene rings is 1. The van der Waals surface area contributed by atoms with Crippen LogP contribution in [0, 0.1) is 3.57 Å². The highest BCUT2D eigenvalue weighted by Gasteiger charge is 2.15. The van der Waals surface area contributed by atoms with Gasteiger partial charge in [0.1, 0.15) is 0 Å². The van der Waals surface area contributed by atoms with E-state index in [-0.39, 0.29) is 11.6 Å². The number of aromatic nitrogens is 1. The second kappa shape index (κ2) is 5.85. The lowest BCUT2D eigenvalue weighted by Gasteiger charge is -2.07. The molecular weight excluding hydrogens is 379 g/mol. The van der Waals surface area contributed by atoms with Gasteiger partial charge in [-0.15, -0.1) is 0 Å². The third kappa shape index (κ3) is 3.64. The number of aliphatic hydroxyl groups excluding tert-OH is 1. The molecule has 0 spiro atoms. The number of rotatable bonds is 4. The van der Waals surface area contributed by atoms with Crippen LogP contribution in [0.1, 0.15) is 5.56 Å². The predicted molar refractivity (Wildman–Crippen MR) is 80.1 cm³/mol. The van der Waals surface area contributed by atoms with E-state index in [0.29, 0.717) is 11.3 Å². The van der Waals surface area contributed by atoms with Gasteiger partial charge < -0.3 is 5.11 Å². The van der Waals surface area contributed by atoms with E-state index >= 15 is 0 Å². The molecule has 7 heteroatoms. The second-order valence-corrected chi connectivity index (χ2v) is 6.65. The standard InChI is InChI=1S/C12H11IN2O3S/c13-10-2-4-11(5-3-10)15-19(17,18)12-6-1-9(8-16)7-14-12/h1-7,15-16H,8H2. The van der Waals surface area contributed by atoms with Gasteiger partial charge in [0.2, 0.25) is 0 Å². The van der Waals surface area contributed by atoms with E-state index in [0.717, 1.165) is 3.57 Å². The zero-order valence-electron chi connectivity index (χ0n) is 9.75. The highest BCUT2D eigenvalue weighted by Crippen LogP contribution is 2.16. The molecule has 0 bridgehead atoms. The van der Waals surface area contributed by atoms with Gasteiger partial charge in [-0.3, -0.25) is 4.72 Å². The third-order valence-corrected chi connectivity index (χ3v) is 4.37. The molecule has 0 aliphatic heterocycles. The van der Waals surface area contributed by atoms with Gasteiger partial charge in [-0.2, -0.15) is 8.42 Å². The number of nitrogens with zero attached hydrogens (tertiary/aromatic N) is 1. The molecule has 0 saturated carbocycles. The fraction of sp³-hybridized carbons (Fsp3) is 0.0833. The van der Waals surface area contributed by atoms with Crippen LogP contribution in [-0.2, 0) is 16.6 Å². The van der Waals surface area contributed by atoms with Gasteiger partial charge in [0, 0.05) is 15.5 Å². The number of sulfonamides is 1. The first-order valence-electron chi connectivity index (χ1n) is 5.35. The minimum absolute atomic E-state index is 0.0803. The molecule has 5 nitrogen and oxygen atoms in total.